The highest BCUT2D eigenvalue weighted by molar-refractivity contribution is 5.73. The molecule has 0 amide bonds. The molecule has 1 aromatic carbocycles. The van der Waals surface area contributed by atoms with E-state index in [4.69, 9.17) is 19.3 Å². The Kier molecular flexibility index (Phi) is 8.46. The van der Waals surface area contributed by atoms with E-state index in [2.05, 4.69) is 4.74 Å². The van der Waals surface area contributed by atoms with Crippen LogP contribution in [0.2, 0.25) is 0 Å². The van der Waals surface area contributed by atoms with E-state index in [0.717, 1.165) is 0 Å². The Balaban J connectivity index is 1.39. The minimum Gasteiger partial charge on any atom is -0.481 e. The molecule has 9 nitrogen and oxygen atoms in total. The van der Waals surface area contributed by atoms with Crippen molar-refractivity contribution < 1.29 is 43.5 Å². The lowest BCUT2D eigenvalue weighted by Gasteiger charge is -2.31. The van der Waals surface area contributed by atoms with Gasteiger partial charge in [0.25, 0.3) is 0 Å². The maximum Gasteiger partial charge on any atom is 0.513 e. The number of hydrogen-bond acceptors (Lipinski definition) is 8. The van der Waals surface area contributed by atoms with E-state index in [-0.39, 0.29) is 30.0 Å². The summed E-state index contributed by atoms with van der Waals surface area (Å²) in [7, 11) is 1.22. The molecule has 2 saturated carbocycles. The average Bonchev–Trinajstić information content (AvgIpc) is 2.80. The molecule has 1 aromatic rings. The van der Waals surface area contributed by atoms with Crippen LogP contribution in [0.25, 0.3) is 0 Å². The zero-order valence-electron chi connectivity index (χ0n) is 18.1. The van der Waals surface area contributed by atoms with Gasteiger partial charge < -0.3 is 29.2 Å². The van der Waals surface area contributed by atoms with Crippen molar-refractivity contribution in [3.8, 4) is 5.75 Å². The van der Waals surface area contributed by atoms with Crippen LogP contribution in [0.15, 0.2) is 24.3 Å². The lowest BCUT2D eigenvalue weighted by Crippen LogP contribution is -2.33. The first kappa shape index (κ1) is 24.0. The number of aliphatic carboxylic acids is 1. The van der Waals surface area contributed by atoms with Crippen LogP contribution in [-0.4, -0.2) is 47.6 Å². The smallest absolute Gasteiger partial charge is 0.481 e. The lowest BCUT2D eigenvalue weighted by atomic mass is 9.86. The third-order valence-electron chi connectivity index (χ3n) is 6.17. The van der Waals surface area contributed by atoms with E-state index in [0.29, 0.717) is 62.7 Å². The number of carboxylic acid groups (broad SMARTS) is 1. The Morgan fingerprint density at radius 3 is 2.00 bits per heavy atom. The van der Waals surface area contributed by atoms with Crippen molar-refractivity contribution in [1.82, 2.24) is 0 Å². The van der Waals surface area contributed by atoms with E-state index < -0.39 is 18.4 Å². The van der Waals surface area contributed by atoms with E-state index in [9.17, 15) is 19.5 Å². The molecule has 2 fully saturated rings. The second kappa shape index (κ2) is 11.3. The van der Waals surface area contributed by atoms with Gasteiger partial charge in [-0.2, -0.15) is 0 Å². The number of rotatable bonds is 7. The van der Waals surface area contributed by atoms with Gasteiger partial charge in [0.2, 0.25) is 0 Å². The molecule has 176 valence electrons. The number of aliphatic hydroxyl groups excluding tert-OH is 1. The fourth-order valence-corrected chi connectivity index (χ4v) is 4.22. The maximum atomic E-state index is 12.5. The monoisotopic (exact) mass is 450 g/mol. The van der Waals surface area contributed by atoms with E-state index in [1.165, 1.54) is 19.2 Å². The SMILES string of the molecule is COC(=O)Oc1ccc(C(O)OC2CCC(C(=O)OC3CCC(C(=O)O)CC3)CC2)cc1. The van der Waals surface area contributed by atoms with Crippen molar-refractivity contribution in [1.29, 1.82) is 0 Å². The highest BCUT2D eigenvalue weighted by Crippen LogP contribution is 2.32. The number of esters is 1. The fourth-order valence-electron chi connectivity index (χ4n) is 4.22. The van der Waals surface area contributed by atoms with E-state index >= 15 is 0 Å². The van der Waals surface area contributed by atoms with Crippen molar-refractivity contribution in [2.75, 3.05) is 7.11 Å². The summed E-state index contributed by atoms with van der Waals surface area (Å²) in [6.07, 6.45) is 2.46. The molecule has 0 bridgehead atoms. The number of benzene rings is 1. The summed E-state index contributed by atoms with van der Waals surface area (Å²) < 4.78 is 20.7. The Morgan fingerprint density at radius 2 is 1.44 bits per heavy atom. The van der Waals surface area contributed by atoms with Crippen LogP contribution in [0, 0.1) is 11.8 Å². The van der Waals surface area contributed by atoms with Gasteiger partial charge in [-0.05, 0) is 63.5 Å². The zero-order valence-corrected chi connectivity index (χ0v) is 18.1. The summed E-state index contributed by atoms with van der Waals surface area (Å²) in [5, 5.41) is 19.4. The summed E-state index contributed by atoms with van der Waals surface area (Å²) >= 11 is 0. The lowest BCUT2D eigenvalue weighted by molar-refractivity contribution is -0.165. The number of aliphatic hydroxyl groups is 1. The molecule has 3 rings (SSSR count). The molecule has 1 unspecified atom stereocenters. The zero-order chi connectivity index (χ0) is 23.1. The predicted molar refractivity (Wildman–Crippen MR) is 111 cm³/mol. The summed E-state index contributed by atoms with van der Waals surface area (Å²) in [6.45, 7) is 0. The van der Waals surface area contributed by atoms with Crippen LogP contribution >= 0.6 is 0 Å². The van der Waals surface area contributed by atoms with Gasteiger partial charge in [-0.3, -0.25) is 9.59 Å². The minimum atomic E-state index is -1.12. The van der Waals surface area contributed by atoms with Gasteiger partial charge in [0.15, 0.2) is 6.29 Å². The van der Waals surface area contributed by atoms with E-state index in [1.54, 1.807) is 12.1 Å². The largest absolute Gasteiger partial charge is 0.513 e. The van der Waals surface area contributed by atoms with Crippen LogP contribution in [0.1, 0.15) is 63.2 Å². The third kappa shape index (κ3) is 6.67. The normalized spacial score (nSPS) is 26.6. The minimum absolute atomic E-state index is 0.175. The van der Waals surface area contributed by atoms with Gasteiger partial charge in [-0.25, -0.2) is 4.79 Å². The molecular formula is C23H30O9. The second-order valence-electron chi connectivity index (χ2n) is 8.34. The Bertz CT molecular complexity index is 775. The second-order valence-corrected chi connectivity index (χ2v) is 8.34. The molecule has 2 aliphatic rings. The van der Waals surface area contributed by atoms with Gasteiger partial charge in [-0.15, -0.1) is 0 Å². The summed E-state index contributed by atoms with van der Waals surface area (Å²) in [5.41, 5.74) is 0.528. The molecule has 0 saturated heterocycles. The van der Waals surface area contributed by atoms with Crippen LogP contribution in [0.5, 0.6) is 5.75 Å². The molecular weight excluding hydrogens is 420 g/mol. The number of ether oxygens (including phenoxy) is 4. The Hall–Kier alpha value is -2.65. The first-order valence-electron chi connectivity index (χ1n) is 11.0. The number of hydrogen-bond donors (Lipinski definition) is 2. The van der Waals surface area contributed by atoms with Crippen LogP contribution in [0.3, 0.4) is 0 Å². The molecule has 2 aliphatic carbocycles. The summed E-state index contributed by atoms with van der Waals surface area (Å²) in [5.74, 6) is -1.23. The predicted octanol–water partition coefficient (Wildman–Crippen LogP) is 3.58. The first-order valence-corrected chi connectivity index (χ1v) is 11.0. The number of carbonyl (C=O) groups is 3. The van der Waals surface area contributed by atoms with Crippen molar-refractivity contribution in [2.24, 2.45) is 11.8 Å². The maximum absolute atomic E-state index is 12.5. The van der Waals surface area contributed by atoms with Gasteiger partial charge in [0, 0.05) is 5.56 Å². The first-order chi connectivity index (χ1) is 15.4. The molecule has 1 atom stereocenters. The third-order valence-corrected chi connectivity index (χ3v) is 6.17. The highest BCUT2D eigenvalue weighted by atomic mass is 16.7. The van der Waals surface area contributed by atoms with Crippen LogP contribution in [-0.2, 0) is 23.8 Å². The average molecular weight is 450 g/mol. The van der Waals surface area contributed by atoms with Gasteiger partial charge in [0.05, 0.1) is 25.0 Å². The molecule has 0 aliphatic heterocycles. The quantitative estimate of drug-likeness (QED) is 0.364. The topological polar surface area (TPSA) is 129 Å². The fraction of sp³-hybridized carbons (Fsp3) is 0.609. The summed E-state index contributed by atoms with van der Waals surface area (Å²) in [6, 6.07) is 6.28. The van der Waals surface area contributed by atoms with Gasteiger partial charge >= 0.3 is 18.1 Å². The van der Waals surface area contributed by atoms with Gasteiger partial charge in [0.1, 0.15) is 11.9 Å². The van der Waals surface area contributed by atoms with Gasteiger partial charge in [-0.1, -0.05) is 12.1 Å². The van der Waals surface area contributed by atoms with Crippen molar-refractivity contribution in [3.05, 3.63) is 29.8 Å². The molecule has 9 heteroatoms. The number of methoxy groups -OCH3 is 1. The Labute approximate surface area is 186 Å². The highest BCUT2D eigenvalue weighted by Gasteiger charge is 2.33. The Morgan fingerprint density at radius 1 is 0.875 bits per heavy atom. The molecule has 0 aromatic heterocycles. The summed E-state index contributed by atoms with van der Waals surface area (Å²) in [4.78, 5) is 34.6. The van der Waals surface area contributed by atoms with Crippen LogP contribution < -0.4 is 4.74 Å². The number of carbonyl (C=O) groups excluding carboxylic acids is 2. The molecule has 0 radical (unpaired) electrons. The van der Waals surface area contributed by atoms with Crippen molar-refractivity contribution in [2.45, 2.75) is 69.9 Å². The van der Waals surface area contributed by atoms with Crippen molar-refractivity contribution in [3.63, 3.8) is 0 Å². The van der Waals surface area contributed by atoms with Crippen molar-refractivity contribution >= 4 is 18.1 Å². The molecule has 32 heavy (non-hydrogen) atoms. The molecule has 2 N–H and O–H groups in total. The standard InChI is InChI=1S/C23H30O9/c1-29-23(28)32-19-12-6-16(7-13-19)22(27)31-18-10-4-15(5-11-18)21(26)30-17-8-2-14(3-9-17)20(24)25/h6-7,12-15,17-18,22,27H,2-5,8-11H2,1H3,(H,24,25). The molecule has 0 heterocycles. The van der Waals surface area contributed by atoms with E-state index in [1.807, 2.05) is 0 Å². The van der Waals surface area contributed by atoms with Crippen LogP contribution in [0.4, 0.5) is 4.79 Å². The number of carboxylic acids is 1. The molecule has 0 spiro atoms.